The van der Waals surface area contributed by atoms with E-state index in [1.165, 1.54) is 13.2 Å². The van der Waals surface area contributed by atoms with Gasteiger partial charge in [0.05, 0.1) is 12.6 Å². The van der Waals surface area contributed by atoms with Crippen molar-refractivity contribution in [1.82, 2.24) is 4.98 Å². The Balaban J connectivity index is 2.71. The highest BCUT2D eigenvalue weighted by Gasteiger charge is 2.18. The van der Waals surface area contributed by atoms with E-state index in [0.29, 0.717) is 5.75 Å². The first-order chi connectivity index (χ1) is 8.04. The molecule has 0 atom stereocenters. The van der Waals surface area contributed by atoms with Crippen LogP contribution >= 0.6 is 0 Å². The monoisotopic (exact) mass is 233 g/mol. The molecule has 17 heavy (non-hydrogen) atoms. The second-order valence-electron chi connectivity index (χ2n) is 3.71. The van der Waals surface area contributed by atoms with Gasteiger partial charge >= 0.3 is 5.97 Å². The predicted molar refractivity (Wildman–Crippen MR) is 61.6 cm³/mol. The van der Waals surface area contributed by atoms with Crippen molar-refractivity contribution < 1.29 is 19.4 Å². The summed E-state index contributed by atoms with van der Waals surface area (Å²) >= 11 is 0. The summed E-state index contributed by atoms with van der Waals surface area (Å²) in [6, 6.07) is 2.98. The molecule has 0 aliphatic carbocycles. The first-order valence-electron chi connectivity index (χ1n) is 4.98. The number of nitrogens with one attached hydrogen (secondary N) is 1. The highest BCUT2D eigenvalue weighted by Crippen LogP contribution is 2.28. The third-order valence-corrected chi connectivity index (χ3v) is 2.64. The Morgan fingerprint density at radius 3 is 2.65 bits per heavy atom. The lowest BCUT2D eigenvalue weighted by atomic mass is 10.1. The van der Waals surface area contributed by atoms with E-state index in [1.54, 1.807) is 12.3 Å². The zero-order chi connectivity index (χ0) is 12.6. The number of aryl methyl sites for hydroxylation is 1. The first-order valence-corrected chi connectivity index (χ1v) is 4.98. The molecular formula is C12H11NO4. The zero-order valence-corrected chi connectivity index (χ0v) is 9.40. The highest BCUT2D eigenvalue weighted by molar-refractivity contribution is 6.40. The number of H-pyrrole nitrogens is 1. The molecule has 0 unspecified atom stereocenters. The van der Waals surface area contributed by atoms with Crippen molar-refractivity contribution in [2.75, 3.05) is 7.11 Å². The minimum atomic E-state index is -1.47. The van der Waals surface area contributed by atoms with Gasteiger partial charge in [-0.1, -0.05) is 0 Å². The van der Waals surface area contributed by atoms with Crippen molar-refractivity contribution in [1.29, 1.82) is 0 Å². The van der Waals surface area contributed by atoms with Crippen LogP contribution in [0, 0.1) is 6.92 Å². The van der Waals surface area contributed by atoms with E-state index in [9.17, 15) is 9.59 Å². The standard InChI is InChI=1S/C12H11NO4/c1-6-5-13-10-8(6)3-7(4-9(10)17-2)11(14)12(15)16/h3-5,13H,1-2H3,(H,15,16). The molecule has 0 radical (unpaired) electrons. The zero-order valence-electron chi connectivity index (χ0n) is 9.40. The number of methoxy groups -OCH3 is 1. The van der Waals surface area contributed by atoms with Gasteiger partial charge in [0.2, 0.25) is 0 Å². The number of rotatable bonds is 3. The number of hydrogen-bond acceptors (Lipinski definition) is 3. The molecule has 0 saturated heterocycles. The van der Waals surface area contributed by atoms with Crippen LogP contribution in [0.25, 0.3) is 10.9 Å². The summed E-state index contributed by atoms with van der Waals surface area (Å²) in [6.45, 7) is 1.87. The van der Waals surface area contributed by atoms with Crippen LogP contribution in [0.2, 0.25) is 0 Å². The number of carbonyl (C=O) groups excluding carboxylic acids is 1. The van der Waals surface area contributed by atoms with Crippen LogP contribution in [0.5, 0.6) is 5.75 Å². The first kappa shape index (κ1) is 11.2. The van der Waals surface area contributed by atoms with Gasteiger partial charge in [0.25, 0.3) is 5.78 Å². The molecule has 5 heteroatoms. The van der Waals surface area contributed by atoms with Crippen LogP contribution < -0.4 is 4.74 Å². The third kappa shape index (κ3) is 1.75. The largest absolute Gasteiger partial charge is 0.495 e. The smallest absolute Gasteiger partial charge is 0.377 e. The molecule has 0 aliphatic heterocycles. The lowest BCUT2D eigenvalue weighted by Crippen LogP contribution is -2.12. The van der Waals surface area contributed by atoms with Gasteiger partial charge < -0.3 is 14.8 Å². The summed E-state index contributed by atoms with van der Waals surface area (Å²) in [7, 11) is 1.47. The molecule has 2 rings (SSSR count). The van der Waals surface area contributed by atoms with E-state index >= 15 is 0 Å². The molecule has 88 valence electrons. The predicted octanol–water partition coefficient (Wildman–Crippen LogP) is 1.75. The van der Waals surface area contributed by atoms with Crippen LogP contribution in [-0.4, -0.2) is 29.0 Å². The third-order valence-electron chi connectivity index (χ3n) is 2.64. The molecule has 0 bridgehead atoms. The summed E-state index contributed by atoms with van der Waals surface area (Å²) < 4.78 is 5.13. The minimum absolute atomic E-state index is 0.115. The van der Waals surface area contributed by atoms with Gasteiger partial charge in [-0.2, -0.15) is 0 Å². The van der Waals surface area contributed by atoms with Crippen molar-refractivity contribution in [2.45, 2.75) is 6.92 Å². The Bertz CT molecular complexity index is 612. The van der Waals surface area contributed by atoms with Crippen LogP contribution in [0.3, 0.4) is 0 Å². The van der Waals surface area contributed by atoms with Crippen molar-refractivity contribution >= 4 is 22.7 Å². The van der Waals surface area contributed by atoms with Crippen LogP contribution in [0.1, 0.15) is 15.9 Å². The van der Waals surface area contributed by atoms with E-state index in [0.717, 1.165) is 16.5 Å². The quantitative estimate of drug-likeness (QED) is 0.625. The second kappa shape index (κ2) is 3.93. The fourth-order valence-electron chi connectivity index (χ4n) is 1.75. The molecule has 0 aliphatic rings. The Hall–Kier alpha value is -2.30. The minimum Gasteiger partial charge on any atom is -0.495 e. The average Bonchev–Trinajstić information content (AvgIpc) is 2.69. The Morgan fingerprint density at radius 1 is 1.35 bits per heavy atom. The Kier molecular flexibility index (Phi) is 2.59. The van der Waals surface area contributed by atoms with Crippen LogP contribution in [-0.2, 0) is 4.79 Å². The molecule has 1 aromatic carbocycles. The number of aromatic nitrogens is 1. The number of aliphatic carboxylic acids is 1. The van der Waals surface area contributed by atoms with Crippen molar-refractivity contribution in [3.05, 3.63) is 29.5 Å². The summed E-state index contributed by atoms with van der Waals surface area (Å²) in [5, 5.41) is 9.48. The number of Topliss-reactive ketones (excluding diaryl/α,β-unsaturated/α-hetero) is 1. The number of hydrogen-bond donors (Lipinski definition) is 2. The van der Waals surface area contributed by atoms with Gasteiger partial charge in [0.15, 0.2) is 0 Å². The molecule has 2 N–H and O–H groups in total. The SMILES string of the molecule is COc1cc(C(=O)C(=O)O)cc2c(C)c[nH]c12. The molecule has 0 saturated carbocycles. The van der Waals surface area contributed by atoms with E-state index in [1.807, 2.05) is 6.92 Å². The Labute approximate surface area is 97.0 Å². The van der Waals surface area contributed by atoms with Gasteiger partial charge in [-0.15, -0.1) is 0 Å². The van der Waals surface area contributed by atoms with E-state index in [-0.39, 0.29) is 5.56 Å². The van der Waals surface area contributed by atoms with E-state index in [2.05, 4.69) is 4.98 Å². The number of carboxylic acid groups (broad SMARTS) is 1. The number of carboxylic acids is 1. The maximum absolute atomic E-state index is 11.4. The average molecular weight is 233 g/mol. The molecular weight excluding hydrogens is 222 g/mol. The van der Waals surface area contributed by atoms with Gasteiger partial charge in [-0.3, -0.25) is 4.79 Å². The van der Waals surface area contributed by atoms with Gasteiger partial charge in [0, 0.05) is 17.1 Å². The normalized spacial score (nSPS) is 10.5. The lowest BCUT2D eigenvalue weighted by molar-refractivity contribution is -0.131. The number of ketones is 1. The van der Waals surface area contributed by atoms with Crippen molar-refractivity contribution in [3.8, 4) is 5.75 Å². The maximum Gasteiger partial charge on any atom is 0.377 e. The molecule has 1 heterocycles. The van der Waals surface area contributed by atoms with Crippen LogP contribution in [0.15, 0.2) is 18.3 Å². The summed E-state index contributed by atoms with van der Waals surface area (Å²) in [5.74, 6) is -1.95. The number of benzene rings is 1. The Morgan fingerprint density at radius 2 is 2.06 bits per heavy atom. The molecule has 0 amide bonds. The lowest BCUT2D eigenvalue weighted by Gasteiger charge is -2.04. The molecule has 5 nitrogen and oxygen atoms in total. The number of carbonyl (C=O) groups is 2. The fraction of sp³-hybridized carbons (Fsp3) is 0.167. The number of aromatic amines is 1. The highest BCUT2D eigenvalue weighted by atomic mass is 16.5. The van der Waals surface area contributed by atoms with E-state index in [4.69, 9.17) is 9.84 Å². The summed E-state index contributed by atoms with van der Waals surface area (Å²) in [5.41, 5.74) is 1.80. The molecule has 2 aromatic rings. The van der Waals surface area contributed by atoms with Gasteiger partial charge in [0.1, 0.15) is 5.75 Å². The second-order valence-corrected chi connectivity index (χ2v) is 3.71. The summed E-state index contributed by atoms with van der Waals surface area (Å²) in [4.78, 5) is 25.1. The van der Waals surface area contributed by atoms with Gasteiger partial charge in [-0.25, -0.2) is 4.79 Å². The topological polar surface area (TPSA) is 79.4 Å². The van der Waals surface area contributed by atoms with Gasteiger partial charge in [-0.05, 0) is 24.6 Å². The summed E-state index contributed by atoms with van der Waals surface area (Å²) in [6.07, 6.45) is 1.78. The van der Waals surface area contributed by atoms with Crippen molar-refractivity contribution in [2.24, 2.45) is 0 Å². The fourth-order valence-corrected chi connectivity index (χ4v) is 1.75. The maximum atomic E-state index is 11.4. The molecule has 0 spiro atoms. The molecule has 1 aromatic heterocycles. The number of ether oxygens (including phenoxy) is 1. The van der Waals surface area contributed by atoms with Crippen LogP contribution in [0.4, 0.5) is 0 Å². The number of fused-ring (bicyclic) bond motifs is 1. The molecule has 0 fully saturated rings. The van der Waals surface area contributed by atoms with E-state index < -0.39 is 11.8 Å². The van der Waals surface area contributed by atoms with Crippen molar-refractivity contribution in [3.63, 3.8) is 0 Å².